The number of hydrogen-bond donors (Lipinski definition) is 2. The highest BCUT2D eigenvalue weighted by Crippen LogP contribution is 2.61. The number of benzene rings is 1. The van der Waals surface area contributed by atoms with Gasteiger partial charge in [-0.2, -0.15) is 0 Å². The fraction of sp³-hybridized carbons (Fsp3) is 0.696. The zero-order valence-electron chi connectivity index (χ0n) is 15.9. The summed E-state index contributed by atoms with van der Waals surface area (Å²) in [6, 6.07) is 10.9. The lowest BCUT2D eigenvalue weighted by Gasteiger charge is -2.59. The lowest BCUT2D eigenvalue weighted by Crippen LogP contribution is -2.56. The van der Waals surface area contributed by atoms with Crippen molar-refractivity contribution in [2.45, 2.75) is 76.4 Å². The summed E-state index contributed by atoms with van der Waals surface area (Å²) in [6.45, 7) is 2.35. The van der Waals surface area contributed by atoms with Gasteiger partial charge in [0.25, 0.3) is 0 Å². The Balaban J connectivity index is 1.36. The molecule has 5 fully saturated rings. The van der Waals surface area contributed by atoms with E-state index in [1.54, 1.807) is 0 Å². The number of nitrogens with one attached hydrogen (secondary N) is 2. The van der Waals surface area contributed by atoms with Crippen LogP contribution in [0.1, 0.15) is 69.9 Å². The molecule has 2 atom stereocenters. The maximum Gasteiger partial charge on any atom is 0.241 e. The highest BCUT2D eigenvalue weighted by Gasteiger charge is 2.53. The third-order valence-corrected chi connectivity index (χ3v) is 7.74. The van der Waals surface area contributed by atoms with Crippen LogP contribution in [0.15, 0.2) is 30.3 Å². The molecule has 0 spiro atoms. The lowest BCUT2D eigenvalue weighted by atomic mass is 9.48. The zero-order valence-corrected chi connectivity index (χ0v) is 15.9. The van der Waals surface area contributed by atoms with E-state index in [1.807, 2.05) is 18.2 Å². The molecule has 26 heavy (non-hydrogen) atoms. The van der Waals surface area contributed by atoms with Crippen LogP contribution in [0.5, 0.6) is 0 Å². The maximum absolute atomic E-state index is 13.0. The predicted molar refractivity (Wildman–Crippen MR) is 104 cm³/mol. The van der Waals surface area contributed by atoms with Gasteiger partial charge in [-0.25, -0.2) is 0 Å². The standard InChI is InChI=1S/C23H32N2O/c1-15(23-12-16-9-17(13-23)11-18(10-16)14-23)24-21(19-5-3-2-4-6-19)22(26)25-20-7-8-20/h2-6,15-18,20-21,24H,7-14H2,1H3,(H,25,26). The second-order valence-electron chi connectivity index (χ2n) is 9.79. The molecule has 0 heterocycles. The summed E-state index contributed by atoms with van der Waals surface area (Å²) in [5, 5.41) is 7.04. The van der Waals surface area contributed by atoms with Gasteiger partial charge in [-0.3, -0.25) is 10.1 Å². The van der Waals surface area contributed by atoms with Gasteiger partial charge >= 0.3 is 0 Å². The molecule has 0 aliphatic heterocycles. The molecule has 6 rings (SSSR count). The van der Waals surface area contributed by atoms with E-state index in [9.17, 15) is 4.79 Å². The molecule has 3 heteroatoms. The summed E-state index contributed by atoms with van der Waals surface area (Å²) in [5.41, 5.74) is 1.52. The summed E-state index contributed by atoms with van der Waals surface area (Å²) in [5.74, 6) is 3.00. The number of amides is 1. The van der Waals surface area contributed by atoms with Crippen LogP contribution in [0.4, 0.5) is 0 Å². The number of hydrogen-bond acceptors (Lipinski definition) is 2. The van der Waals surface area contributed by atoms with E-state index in [1.165, 1.54) is 38.5 Å². The van der Waals surface area contributed by atoms with Crippen LogP contribution in [0.25, 0.3) is 0 Å². The molecule has 5 aliphatic carbocycles. The molecule has 5 saturated carbocycles. The molecule has 1 amide bonds. The average molecular weight is 353 g/mol. The second kappa shape index (κ2) is 6.37. The van der Waals surface area contributed by atoms with E-state index in [-0.39, 0.29) is 11.9 Å². The molecular weight excluding hydrogens is 320 g/mol. The fourth-order valence-corrected chi connectivity index (χ4v) is 6.62. The molecule has 1 aromatic rings. The van der Waals surface area contributed by atoms with Crippen molar-refractivity contribution in [2.24, 2.45) is 23.2 Å². The average Bonchev–Trinajstić information content (AvgIpc) is 3.43. The van der Waals surface area contributed by atoms with Crippen molar-refractivity contribution in [1.82, 2.24) is 10.6 Å². The number of carbonyl (C=O) groups is 1. The van der Waals surface area contributed by atoms with Gasteiger partial charge in [0.15, 0.2) is 0 Å². The minimum atomic E-state index is -0.222. The Hall–Kier alpha value is -1.35. The van der Waals surface area contributed by atoms with Crippen LogP contribution >= 0.6 is 0 Å². The molecule has 4 bridgehead atoms. The van der Waals surface area contributed by atoms with Crippen LogP contribution in [0, 0.1) is 23.2 Å². The second-order valence-corrected chi connectivity index (χ2v) is 9.79. The first-order valence-electron chi connectivity index (χ1n) is 10.7. The van der Waals surface area contributed by atoms with Gasteiger partial charge in [-0.15, -0.1) is 0 Å². The van der Waals surface area contributed by atoms with E-state index >= 15 is 0 Å². The normalized spacial score (nSPS) is 37.3. The number of carbonyl (C=O) groups excluding carboxylic acids is 1. The summed E-state index contributed by atoms with van der Waals surface area (Å²) in [6.07, 6.45) is 10.8. The molecule has 1 aromatic carbocycles. The summed E-state index contributed by atoms with van der Waals surface area (Å²) in [7, 11) is 0. The molecule has 0 aromatic heterocycles. The van der Waals surface area contributed by atoms with Gasteiger partial charge in [0, 0.05) is 12.1 Å². The zero-order chi connectivity index (χ0) is 17.7. The Morgan fingerprint density at radius 1 is 1.00 bits per heavy atom. The van der Waals surface area contributed by atoms with Crippen molar-refractivity contribution in [1.29, 1.82) is 0 Å². The molecule has 0 saturated heterocycles. The summed E-state index contributed by atoms with van der Waals surface area (Å²) < 4.78 is 0. The van der Waals surface area contributed by atoms with E-state index < -0.39 is 0 Å². The third-order valence-electron chi connectivity index (χ3n) is 7.74. The molecule has 5 aliphatic rings. The molecule has 0 radical (unpaired) electrons. The van der Waals surface area contributed by atoms with Crippen molar-refractivity contribution in [3.8, 4) is 0 Å². The van der Waals surface area contributed by atoms with Gasteiger partial charge < -0.3 is 5.32 Å². The molecule has 2 N–H and O–H groups in total. The smallest absolute Gasteiger partial charge is 0.241 e. The van der Waals surface area contributed by atoms with Gasteiger partial charge in [0.1, 0.15) is 6.04 Å². The highest BCUT2D eigenvalue weighted by atomic mass is 16.2. The SMILES string of the molecule is CC(NC(C(=O)NC1CC1)c1ccccc1)C12CC3CC(CC(C3)C1)C2. The Bertz CT molecular complexity index is 631. The lowest BCUT2D eigenvalue weighted by molar-refractivity contribution is -0.124. The first-order valence-corrected chi connectivity index (χ1v) is 10.7. The van der Waals surface area contributed by atoms with Crippen LogP contribution in [-0.4, -0.2) is 18.0 Å². The van der Waals surface area contributed by atoms with Crippen LogP contribution < -0.4 is 10.6 Å². The monoisotopic (exact) mass is 352 g/mol. The Morgan fingerprint density at radius 2 is 1.58 bits per heavy atom. The summed E-state index contributed by atoms with van der Waals surface area (Å²) in [4.78, 5) is 13.0. The van der Waals surface area contributed by atoms with Crippen molar-refractivity contribution in [2.75, 3.05) is 0 Å². The minimum Gasteiger partial charge on any atom is -0.352 e. The van der Waals surface area contributed by atoms with E-state index in [4.69, 9.17) is 0 Å². The topological polar surface area (TPSA) is 41.1 Å². The van der Waals surface area contributed by atoms with Crippen molar-refractivity contribution in [3.05, 3.63) is 35.9 Å². The van der Waals surface area contributed by atoms with Gasteiger partial charge in [0.2, 0.25) is 5.91 Å². The van der Waals surface area contributed by atoms with Crippen LogP contribution in [-0.2, 0) is 4.79 Å². The van der Waals surface area contributed by atoms with Crippen molar-refractivity contribution in [3.63, 3.8) is 0 Å². The van der Waals surface area contributed by atoms with Crippen molar-refractivity contribution < 1.29 is 4.79 Å². The molecule has 2 unspecified atom stereocenters. The minimum absolute atomic E-state index is 0.162. The first-order chi connectivity index (χ1) is 12.6. The van der Waals surface area contributed by atoms with Gasteiger partial charge in [0.05, 0.1) is 0 Å². The molecule has 3 nitrogen and oxygen atoms in total. The summed E-state index contributed by atoms with van der Waals surface area (Å²) >= 11 is 0. The van der Waals surface area contributed by atoms with E-state index in [0.29, 0.717) is 17.5 Å². The van der Waals surface area contributed by atoms with E-state index in [0.717, 1.165) is 36.2 Å². The van der Waals surface area contributed by atoms with Gasteiger partial charge in [-0.1, -0.05) is 30.3 Å². The fourth-order valence-electron chi connectivity index (χ4n) is 6.62. The molecule has 140 valence electrons. The Labute approximate surface area is 157 Å². The van der Waals surface area contributed by atoms with Crippen LogP contribution in [0.3, 0.4) is 0 Å². The van der Waals surface area contributed by atoms with Crippen LogP contribution in [0.2, 0.25) is 0 Å². The Kier molecular flexibility index (Phi) is 4.11. The van der Waals surface area contributed by atoms with Crippen molar-refractivity contribution >= 4 is 5.91 Å². The largest absolute Gasteiger partial charge is 0.352 e. The van der Waals surface area contributed by atoms with E-state index in [2.05, 4.69) is 29.7 Å². The molecular formula is C23H32N2O. The van der Waals surface area contributed by atoms with Gasteiger partial charge in [-0.05, 0) is 87.0 Å². The Morgan fingerprint density at radius 3 is 2.12 bits per heavy atom. The maximum atomic E-state index is 13.0. The predicted octanol–water partition coefficient (Wildman–Crippen LogP) is 4.20. The highest BCUT2D eigenvalue weighted by molar-refractivity contribution is 5.83. The third kappa shape index (κ3) is 3.09. The number of rotatable bonds is 6. The first kappa shape index (κ1) is 16.8. The quantitative estimate of drug-likeness (QED) is 0.805.